The van der Waals surface area contributed by atoms with Gasteiger partial charge in [0.05, 0.1) is 38.6 Å². The minimum Gasteiger partial charge on any atom is -0.394 e. The Kier molecular flexibility index (Phi) is 50.6. The van der Waals surface area contributed by atoms with Crippen molar-refractivity contribution >= 4 is 5.91 Å². The molecule has 19 heteroatoms. The predicted octanol–water partition coefficient (Wildman–Crippen LogP) is 11.1. The number of amides is 1. The number of aliphatic hydroxyl groups excluding tert-OH is 11. The van der Waals surface area contributed by atoms with Gasteiger partial charge >= 0.3 is 0 Å². The van der Waals surface area contributed by atoms with Gasteiger partial charge in [-0.05, 0) is 12.8 Å². The lowest BCUT2D eigenvalue weighted by Gasteiger charge is -2.48. The standard InChI is InChI=1S/C72H139NO18/c1-3-5-7-9-11-13-15-17-19-20-21-22-23-24-25-26-27-28-29-30-31-32-33-34-36-37-39-41-43-45-47-49-56(77)55(73-60(78)50-48-46-44-42-40-38-35-18-16-14-12-10-8-6-4-2)54-86-70-66(84)63(81)68(58(52-75)88-70)91-72-67(85)64(82)69(59(53-76)89-72)90-71-65(83)62(80)61(79)57(51-74)87-71/h55-59,61-72,74-77,79-85H,3-54H2,1-2H3,(H,73,78). The summed E-state index contributed by atoms with van der Waals surface area (Å²) in [5, 5.41) is 121. The fourth-order valence-electron chi connectivity index (χ4n) is 13.3. The maximum atomic E-state index is 13.4. The second-order valence-corrected chi connectivity index (χ2v) is 27.5. The minimum absolute atomic E-state index is 0.236. The van der Waals surface area contributed by atoms with Gasteiger partial charge in [-0.2, -0.15) is 0 Å². The molecule has 19 nitrogen and oxygen atoms in total. The number of hydrogen-bond acceptors (Lipinski definition) is 18. The molecular weight excluding hydrogens is 1170 g/mol. The van der Waals surface area contributed by atoms with Crippen molar-refractivity contribution in [3.05, 3.63) is 0 Å². The Morgan fingerprint density at radius 1 is 0.352 bits per heavy atom. The third-order valence-corrected chi connectivity index (χ3v) is 19.4. The van der Waals surface area contributed by atoms with Crippen LogP contribution >= 0.6 is 0 Å². The van der Waals surface area contributed by atoms with Crippen LogP contribution in [0.3, 0.4) is 0 Å². The number of unbranched alkanes of at least 4 members (excludes halogenated alkanes) is 44. The van der Waals surface area contributed by atoms with Gasteiger partial charge in [-0.15, -0.1) is 0 Å². The summed E-state index contributed by atoms with van der Waals surface area (Å²) in [4.78, 5) is 13.4. The van der Waals surface area contributed by atoms with E-state index in [1.807, 2.05) is 0 Å². The summed E-state index contributed by atoms with van der Waals surface area (Å²) in [5.41, 5.74) is 0. The summed E-state index contributed by atoms with van der Waals surface area (Å²) >= 11 is 0. The van der Waals surface area contributed by atoms with Gasteiger partial charge in [0.1, 0.15) is 73.2 Å². The van der Waals surface area contributed by atoms with Crippen LogP contribution in [0.25, 0.3) is 0 Å². The molecule has 0 saturated carbocycles. The molecule has 0 aromatic rings. The second-order valence-electron chi connectivity index (χ2n) is 27.5. The Balaban J connectivity index is 1.36. The number of ether oxygens (including phenoxy) is 6. The van der Waals surface area contributed by atoms with E-state index >= 15 is 0 Å². The van der Waals surface area contributed by atoms with Gasteiger partial charge in [0.15, 0.2) is 18.9 Å². The largest absolute Gasteiger partial charge is 0.394 e. The van der Waals surface area contributed by atoms with Crippen molar-refractivity contribution < 1.29 is 89.4 Å². The maximum absolute atomic E-state index is 13.4. The van der Waals surface area contributed by atoms with Crippen molar-refractivity contribution in [2.45, 2.75) is 426 Å². The lowest BCUT2D eigenvalue weighted by atomic mass is 9.96. The summed E-state index contributed by atoms with van der Waals surface area (Å²) in [7, 11) is 0. The molecule has 1 amide bonds. The van der Waals surface area contributed by atoms with Gasteiger partial charge in [-0.3, -0.25) is 4.79 Å². The number of nitrogens with one attached hydrogen (secondary N) is 1. The monoisotopic (exact) mass is 1310 g/mol. The van der Waals surface area contributed by atoms with E-state index in [-0.39, 0.29) is 18.9 Å². The molecule has 3 fully saturated rings. The first-order chi connectivity index (χ1) is 44.3. The summed E-state index contributed by atoms with van der Waals surface area (Å²) in [5.74, 6) is -0.236. The Labute approximate surface area is 551 Å². The van der Waals surface area contributed by atoms with Crippen LogP contribution in [0.5, 0.6) is 0 Å². The summed E-state index contributed by atoms with van der Waals surface area (Å²) in [6, 6.07) is -0.882. The van der Waals surface area contributed by atoms with Crippen LogP contribution in [0.2, 0.25) is 0 Å². The smallest absolute Gasteiger partial charge is 0.220 e. The molecule has 0 aliphatic carbocycles. The van der Waals surface area contributed by atoms with Crippen LogP contribution in [-0.2, 0) is 33.2 Å². The molecule has 540 valence electrons. The fraction of sp³-hybridized carbons (Fsp3) is 0.986. The lowest BCUT2D eigenvalue weighted by molar-refractivity contribution is -0.379. The second kappa shape index (κ2) is 54.8. The van der Waals surface area contributed by atoms with E-state index in [1.54, 1.807) is 0 Å². The minimum atomic E-state index is -1.97. The molecule has 0 aromatic heterocycles. The molecule has 17 unspecified atom stereocenters. The van der Waals surface area contributed by atoms with Gasteiger partial charge in [0, 0.05) is 6.42 Å². The van der Waals surface area contributed by atoms with Crippen molar-refractivity contribution in [3.8, 4) is 0 Å². The fourth-order valence-corrected chi connectivity index (χ4v) is 13.3. The lowest BCUT2D eigenvalue weighted by Crippen LogP contribution is -2.66. The number of carbonyl (C=O) groups is 1. The molecule has 12 N–H and O–H groups in total. The number of aliphatic hydroxyl groups is 11. The van der Waals surface area contributed by atoms with Crippen LogP contribution in [0, 0.1) is 0 Å². The van der Waals surface area contributed by atoms with Crippen molar-refractivity contribution in [2.24, 2.45) is 0 Å². The van der Waals surface area contributed by atoms with Crippen LogP contribution in [0.15, 0.2) is 0 Å². The molecule has 0 spiro atoms. The Bertz CT molecular complexity index is 1650. The van der Waals surface area contributed by atoms with Gasteiger partial charge in [-0.1, -0.05) is 303 Å². The molecular formula is C72H139NO18. The maximum Gasteiger partial charge on any atom is 0.220 e. The topological polar surface area (TPSA) is 307 Å². The number of hydrogen-bond donors (Lipinski definition) is 12. The van der Waals surface area contributed by atoms with Gasteiger partial charge in [-0.25, -0.2) is 0 Å². The molecule has 3 aliphatic heterocycles. The Morgan fingerprint density at radius 2 is 0.626 bits per heavy atom. The highest BCUT2D eigenvalue weighted by Gasteiger charge is 2.53. The van der Waals surface area contributed by atoms with Crippen LogP contribution in [0.1, 0.15) is 322 Å². The Hall–Kier alpha value is -1.21. The van der Waals surface area contributed by atoms with Crippen LogP contribution < -0.4 is 5.32 Å². The van der Waals surface area contributed by atoms with Crippen molar-refractivity contribution in [1.29, 1.82) is 0 Å². The summed E-state index contributed by atoms with van der Waals surface area (Å²) in [6.45, 7) is 1.85. The van der Waals surface area contributed by atoms with E-state index in [2.05, 4.69) is 19.2 Å². The quantitative estimate of drug-likeness (QED) is 0.0252. The van der Waals surface area contributed by atoms with Crippen LogP contribution in [-0.4, -0.2) is 193 Å². The first-order valence-electron chi connectivity index (χ1n) is 37.8. The molecule has 3 saturated heterocycles. The molecule has 3 rings (SSSR count). The molecule has 91 heavy (non-hydrogen) atoms. The third kappa shape index (κ3) is 36.3. The average Bonchev–Trinajstić information content (AvgIpc) is 0.876. The SMILES string of the molecule is CCCCCCCCCCCCCCCCCCCCCCCCCCCCCCCCCC(O)C(COC1OC(CO)C(OC2OC(CO)C(OC3OC(CO)C(O)C(O)C3O)C(O)C2O)C(O)C1O)NC(=O)CCCCCCCCCCCCCCCCC. The normalized spacial score (nSPS) is 27.8. The van der Waals surface area contributed by atoms with Gasteiger partial charge in [0.2, 0.25) is 5.91 Å². The van der Waals surface area contributed by atoms with Crippen molar-refractivity contribution in [1.82, 2.24) is 5.32 Å². The average molecular weight is 1310 g/mol. The van der Waals surface area contributed by atoms with E-state index in [1.165, 1.54) is 244 Å². The number of carbonyl (C=O) groups excluding carboxylic acids is 1. The van der Waals surface area contributed by atoms with Gasteiger partial charge in [0.25, 0.3) is 0 Å². The van der Waals surface area contributed by atoms with Crippen molar-refractivity contribution in [3.63, 3.8) is 0 Å². The summed E-state index contributed by atoms with van der Waals surface area (Å²) in [6.07, 6.45) is 33.4. The summed E-state index contributed by atoms with van der Waals surface area (Å²) < 4.78 is 34.5. The highest BCUT2D eigenvalue weighted by Crippen LogP contribution is 2.33. The first kappa shape index (κ1) is 84.0. The predicted molar refractivity (Wildman–Crippen MR) is 356 cm³/mol. The zero-order chi connectivity index (χ0) is 66.1. The molecule has 0 bridgehead atoms. The molecule has 0 aromatic carbocycles. The van der Waals surface area contributed by atoms with E-state index in [0.717, 1.165) is 44.9 Å². The third-order valence-electron chi connectivity index (χ3n) is 19.4. The zero-order valence-corrected chi connectivity index (χ0v) is 57.4. The van der Waals surface area contributed by atoms with E-state index in [4.69, 9.17) is 28.4 Å². The zero-order valence-electron chi connectivity index (χ0n) is 57.4. The molecule has 3 heterocycles. The van der Waals surface area contributed by atoms with Crippen LogP contribution in [0.4, 0.5) is 0 Å². The van der Waals surface area contributed by atoms with Crippen molar-refractivity contribution in [2.75, 3.05) is 26.4 Å². The van der Waals surface area contributed by atoms with E-state index in [9.17, 15) is 61.0 Å². The molecule has 0 radical (unpaired) electrons. The van der Waals surface area contributed by atoms with E-state index in [0.29, 0.717) is 12.8 Å². The molecule has 3 aliphatic rings. The van der Waals surface area contributed by atoms with Gasteiger partial charge < -0.3 is 89.9 Å². The highest BCUT2D eigenvalue weighted by atomic mass is 16.8. The Morgan fingerprint density at radius 3 is 0.956 bits per heavy atom. The van der Waals surface area contributed by atoms with E-state index < -0.39 is 124 Å². The highest BCUT2D eigenvalue weighted by molar-refractivity contribution is 5.76. The molecule has 17 atom stereocenters. The number of rotatable bonds is 60. The first-order valence-corrected chi connectivity index (χ1v) is 37.8.